The molecule has 1 nitrogen and oxygen atoms in total. The molecule has 0 radical (unpaired) electrons. The molecule has 2 saturated carbocycles. The zero-order valence-electron chi connectivity index (χ0n) is 9.72. The fourth-order valence-corrected chi connectivity index (χ4v) is 3.50. The van der Waals surface area contributed by atoms with Crippen LogP contribution in [0.1, 0.15) is 31.2 Å². The van der Waals surface area contributed by atoms with Gasteiger partial charge in [0, 0.05) is 12.0 Å². The number of nitrogens with one attached hydrogen (secondary N) is 1. The normalized spacial score (nSPS) is 24.1. The predicted octanol–water partition coefficient (Wildman–Crippen LogP) is 2.86. The summed E-state index contributed by atoms with van der Waals surface area (Å²) in [6, 6.07) is 7.16. The highest BCUT2D eigenvalue weighted by molar-refractivity contribution is 5.33. The number of hydrogen-bond acceptors (Lipinski definition) is 1. The van der Waals surface area contributed by atoms with Gasteiger partial charge in [-0.15, -0.1) is 0 Å². The molecule has 1 N–H and O–H groups in total. The first-order valence-electron chi connectivity index (χ1n) is 6.09. The minimum atomic E-state index is -0.107. The van der Waals surface area contributed by atoms with Crippen molar-refractivity contribution in [3.05, 3.63) is 35.6 Å². The molecule has 1 spiro atoms. The van der Waals surface area contributed by atoms with Gasteiger partial charge in [0.15, 0.2) is 0 Å². The maximum absolute atomic E-state index is 13.3. The molecule has 3 rings (SSSR count). The standard InChI is InChI=1S/C14H18FN/c1-16-10-14(8-13(9-14)5-6-13)11-3-2-4-12(15)7-11/h2-4,7,16H,5-6,8-10H2,1H3. The Labute approximate surface area is 96.1 Å². The lowest BCUT2D eigenvalue weighted by molar-refractivity contribution is 0.118. The van der Waals surface area contributed by atoms with Crippen molar-refractivity contribution in [3.8, 4) is 0 Å². The second kappa shape index (κ2) is 3.30. The van der Waals surface area contributed by atoms with E-state index in [-0.39, 0.29) is 11.2 Å². The van der Waals surface area contributed by atoms with Crippen molar-refractivity contribution >= 4 is 0 Å². The molecule has 0 aliphatic heterocycles. The number of likely N-dealkylation sites (N-methyl/N-ethyl adjacent to an activating group) is 1. The van der Waals surface area contributed by atoms with E-state index < -0.39 is 0 Å². The highest BCUT2D eigenvalue weighted by Crippen LogP contribution is 2.68. The van der Waals surface area contributed by atoms with Gasteiger partial charge in [0.25, 0.3) is 0 Å². The Morgan fingerprint density at radius 3 is 2.62 bits per heavy atom. The third-order valence-electron chi connectivity index (χ3n) is 4.34. The van der Waals surface area contributed by atoms with E-state index in [2.05, 4.69) is 11.4 Å². The fraction of sp³-hybridized carbons (Fsp3) is 0.571. The van der Waals surface area contributed by atoms with E-state index in [1.165, 1.54) is 37.3 Å². The smallest absolute Gasteiger partial charge is 0.123 e. The third kappa shape index (κ3) is 1.47. The summed E-state index contributed by atoms with van der Waals surface area (Å²) < 4.78 is 13.3. The topological polar surface area (TPSA) is 12.0 Å². The molecule has 0 amide bonds. The summed E-state index contributed by atoms with van der Waals surface area (Å²) in [5, 5.41) is 3.27. The molecule has 2 heteroatoms. The molecule has 0 atom stereocenters. The van der Waals surface area contributed by atoms with Crippen LogP contribution in [0.5, 0.6) is 0 Å². The number of halogens is 1. The largest absolute Gasteiger partial charge is 0.319 e. The van der Waals surface area contributed by atoms with Crippen LogP contribution in [0.2, 0.25) is 0 Å². The first-order chi connectivity index (χ1) is 7.68. The van der Waals surface area contributed by atoms with Crippen LogP contribution >= 0.6 is 0 Å². The summed E-state index contributed by atoms with van der Waals surface area (Å²) >= 11 is 0. The van der Waals surface area contributed by atoms with Gasteiger partial charge in [0.1, 0.15) is 5.82 Å². The van der Waals surface area contributed by atoms with E-state index in [1.807, 2.05) is 13.1 Å². The van der Waals surface area contributed by atoms with Gasteiger partial charge in [-0.25, -0.2) is 4.39 Å². The molecular weight excluding hydrogens is 201 g/mol. The third-order valence-corrected chi connectivity index (χ3v) is 4.34. The summed E-state index contributed by atoms with van der Waals surface area (Å²) in [5.74, 6) is -0.107. The lowest BCUT2D eigenvalue weighted by Crippen LogP contribution is -2.49. The van der Waals surface area contributed by atoms with Crippen LogP contribution in [0.15, 0.2) is 24.3 Å². The van der Waals surface area contributed by atoms with Crippen molar-refractivity contribution < 1.29 is 4.39 Å². The summed E-state index contributed by atoms with van der Waals surface area (Å²) in [5.41, 5.74) is 2.02. The Morgan fingerprint density at radius 1 is 1.31 bits per heavy atom. The van der Waals surface area contributed by atoms with Gasteiger partial charge >= 0.3 is 0 Å². The van der Waals surface area contributed by atoms with Crippen LogP contribution in [-0.2, 0) is 5.41 Å². The van der Waals surface area contributed by atoms with Crippen LogP contribution < -0.4 is 5.32 Å². The van der Waals surface area contributed by atoms with E-state index in [4.69, 9.17) is 0 Å². The molecule has 2 aliphatic carbocycles. The Hall–Kier alpha value is -0.890. The maximum Gasteiger partial charge on any atom is 0.123 e. The Morgan fingerprint density at radius 2 is 2.06 bits per heavy atom. The van der Waals surface area contributed by atoms with Crippen molar-refractivity contribution in [2.45, 2.75) is 31.1 Å². The molecular formula is C14H18FN. The maximum atomic E-state index is 13.3. The summed E-state index contributed by atoms with van der Waals surface area (Å²) in [6.07, 6.45) is 5.25. The van der Waals surface area contributed by atoms with Gasteiger partial charge in [-0.3, -0.25) is 0 Å². The van der Waals surface area contributed by atoms with Crippen LogP contribution in [0.3, 0.4) is 0 Å². The van der Waals surface area contributed by atoms with E-state index in [0.29, 0.717) is 5.41 Å². The minimum absolute atomic E-state index is 0.107. The first-order valence-corrected chi connectivity index (χ1v) is 6.09. The van der Waals surface area contributed by atoms with Crippen molar-refractivity contribution in [2.24, 2.45) is 5.41 Å². The van der Waals surface area contributed by atoms with E-state index >= 15 is 0 Å². The van der Waals surface area contributed by atoms with Crippen LogP contribution in [0.25, 0.3) is 0 Å². The molecule has 2 fully saturated rings. The summed E-state index contributed by atoms with van der Waals surface area (Å²) in [4.78, 5) is 0. The van der Waals surface area contributed by atoms with Crippen molar-refractivity contribution in [1.82, 2.24) is 5.32 Å². The quantitative estimate of drug-likeness (QED) is 0.824. The fourth-order valence-electron chi connectivity index (χ4n) is 3.50. The molecule has 1 aromatic carbocycles. The van der Waals surface area contributed by atoms with Crippen LogP contribution in [0, 0.1) is 11.2 Å². The van der Waals surface area contributed by atoms with E-state index in [0.717, 1.165) is 6.54 Å². The molecule has 0 unspecified atom stereocenters. The number of benzene rings is 1. The van der Waals surface area contributed by atoms with Crippen molar-refractivity contribution in [3.63, 3.8) is 0 Å². The van der Waals surface area contributed by atoms with E-state index in [1.54, 1.807) is 6.07 Å². The lowest BCUT2D eigenvalue weighted by Gasteiger charge is -2.49. The number of hydrogen-bond donors (Lipinski definition) is 1. The molecule has 1 aromatic rings. The average Bonchev–Trinajstić information content (AvgIpc) is 2.97. The highest BCUT2D eigenvalue weighted by Gasteiger charge is 2.60. The van der Waals surface area contributed by atoms with Gasteiger partial charge in [-0.2, -0.15) is 0 Å². The monoisotopic (exact) mass is 219 g/mol. The second-order valence-electron chi connectivity index (χ2n) is 5.67. The van der Waals surface area contributed by atoms with Gasteiger partial charge in [-0.05, 0) is 55.8 Å². The zero-order chi connectivity index (χ0) is 11.2. The second-order valence-corrected chi connectivity index (χ2v) is 5.67. The van der Waals surface area contributed by atoms with Crippen molar-refractivity contribution in [2.75, 3.05) is 13.6 Å². The Bertz CT molecular complexity index is 401. The molecule has 16 heavy (non-hydrogen) atoms. The van der Waals surface area contributed by atoms with E-state index in [9.17, 15) is 4.39 Å². The molecule has 2 aliphatic rings. The average molecular weight is 219 g/mol. The molecule has 0 bridgehead atoms. The Kier molecular flexibility index (Phi) is 2.12. The zero-order valence-corrected chi connectivity index (χ0v) is 9.72. The summed E-state index contributed by atoms with van der Waals surface area (Å²) in [6.45, 7) is 0.970. The van der Waals surface area contributed by atoms with Gasteiger partial charge in [0.05, 0.1) is 0 Å². The van der Waals surface area contributed by atoms with Crippen molar-refractivity contribution in [1.29, 1.82) is 0 Å². The lowest BCUT2D eigenvalue weighted by atomic mass is 9.56. The summed E-state index contributed by atoms with van der Waals surface area (Å²) in [7, 11) is 1.99. The van der Waals surface area contributed by atoms with Gasteiger partial charge in [0.2, 0.25) is 0 Å². The highest BCUT2D eigenvalue weighted by atomic mass is 19.1. The molecule has 0 aromatic heterocycles. The molecule has 0 heterocycles. The minimum Gasteiger partial charge on any atom is -0.319 e. The first kappa shape index (κ1) is 10.3. The molecule has 86 valence electrons. The molecule has 0 saturated heterocycles. The van der Waals surface area contributed by atoms with Crippen LogP contribution in [-0.4, -0.2) is 13.6 Å². The SMILES string of the molecule is CNCC1(c2cccc(F)c2)CC2(CC2)C1. The van der Waals surface area contributed by atoms with Gasteiger partial charge in [-0.1, -0.05) is 12.1 Å². The Balaban J connectivity index is 1.88. The predicted molar refractivity (Wildman–Crippen MR) is 62.9 cm³/mol. The van der Waals surface area contributed by atoms with Gasteiger partial charge < -0.3 is 5.32 Å². The van der Waals surface area contributed by atoms with Crippen LogP contribution in [0.4, 0.5) is 4.39 Å². The number of rotatable bonds is 3.